The van der Waals surface area contributed by atoms with Crippen molar-refractivity contribution < 1.29 is 13.9 Å². The monoisotopic (exact) mass is 441 g/mol. The summed E-state index contributed by atoms with van der Waals surface area (Å²) in [5.41, 5.74) is 1.38. The number of unbranched alkanes of at least 4 members (excludes halogenated alkanes) is 2. The molecular weight excluding hydrogens is 422 g/mol. The minimum atomic E-state index is -0.531. The third-order valence-corrected chi connectivity index (χ3v) is 5.38. The standard InChI is InChI=1S/C22H20BrNO4/c1-2-3-4-11-27-15-8-5-13(6-9-15)19-18-20(25)16-12-14(23)7-10-17(16)28-21(18)22(26)24-19/h5-10,12,19H,2-4,11H2,1H3,(H,24,26). The second kappa shape index (κ2) is 7.80. The number of amides is 1. The second-order valence-corrected chi connectivity index (χ2v) is 7.76. The number of nitrogens with one attached hydrogen (secondary N) is 1. The van der Waals surface area contributed by atoms with Gasteiger partial charge in [-0.3, -0.25) is 9.59 Å². The second-order valence-electron chi connectivity index (χ2n) is 6.85. The van der Waals surface area contributed by atoms with Crippen molar-refractivity contribution in [3.8, 4) is 5.75 Å². The zero-order chi connectivity index (χ0) is 19.7. The van der Waals surface area contributed by atoms with Crippen LogP contribution in [-0.4, -0.2) is 12.5 Å². The molecule has 0 aliphatic carbocycles. The Kier molecular flexibility index (Phi) is 5.22. The third-order valence-electron chi connectivity index (χ3n) is 4.89. The summed E-state index contributed by atoms with van der Waals surface area (Å²) in [6.45, 7) is 2.83. The molecule has 1 aliphatic heterocycles. The molecule has 3 aromatic rings. The van der Waals surface area contributed by atoms with E-state index >= 15 is 0 Å². The van der Waals surface area contributed by atoms with E-state index in [1.165, 1.54) is 0 Å². The first kappa shape index (κ1) is 18.7. The Hall–Kier alpha value is -2.60. The number of rotatable bonds is 6. The highest BCUT2D eigenvalue weighted by atomic mass is 79.9. The van der Waals surface area contributed by atoms with Gasteiger partial charge in [0.25, 0.3) is 5.91 Å². The predicted molar refractivity (Wildman–Crippen MR) is 111 cm³/mol. The molecule has 0 spiro atoms. The maximum absolute atomic E-state index is 13.1. The summed E-state index contributed by atoms with van der Waals surface area (Å²) in [5.74, 6) is 0.491. The normalized spacial score (nSPS) is 15.5. The maximum Gasteiger partial charge on any atom is 0.288 e. The molecule has 1 aliphatic rings. The zero-order valence-electron chi connectivity index (χ0n) is 15.5. The van der Waals surface area contributed by atoms with Crippen LogP contribution in [0.3, 0.4) is 0 Å². The quantitative estimate of drug-likeness (QED) is 0.548. The first-order valence-corrected chi connectivity index (χ1v) is 10.2. The summed E-state index contributed by atoms with van der Waals surface area (Å²) < 4.78 is 12.3. The van der Waals surface area contributed by atoms with Crippen molar-refractivity contribution in [3.63, 3.8) is 0 Å². The van der Waals surface area contributed by atoms with Crippen LogP contribution in [0.1, 0.15) is 53.9 Å². The molecule has 1 amide bonds. The molecule has 28 heavy (non-hydrogen) atoms. The molecule has 1 unspecified atom stereocenters. The van der Waals surface area contributed by atoms with Gasteiger partial charge in [0, 0.05) is 4.47 Å². The van der Waals surface area contributed by atoms with E-state index in [9.17, 15) is 9.59 Å². The van der Waals surface area contributed by atoms with Crippen molar-refractivity contribution in [2.24, 2.45) is 0 Å². The Morgan fingerprint density at radius 2 is 1.89 bits per heavy atom. The minimum absolute atomic E-state index is 0.0877. The number of carbonyl (C=O) groups is 1. The number of ether oxygens (including phenoxy) is 1. The van der Waals surface area contributed by atoms with E-state index in [1.807, 2.05) is 24.3 Å². The van der Waals surface area contributed by atoms with E-state index in [1.54, 1.807) is 18.2 Å². The first-order chi connectivity index (χ1) is 13.6. The Morgan fingerprint density at radius 1 is 1.11 bits per heavy atom. The number of halogens is 1. The molecule has 1 atom stereocenters. The highest BCUT2D eigenvalue weighted by molar-refractivity contribution is 9.10. The summed E-state index contributed by atoms with van der Waals surface area (Å²) in [4.78, 5) is 25.5. The summed E-state index contributed by atoms with van der Waals surface area (Å²) in [7, 11) is 0. The lowest BCUT2D eigenvalue weighted by Crippen LogP contribution is -2.21. The summed E-state index contributed by atoms with van der Waals surface area (Å²) in [6, 6.07) is 12.1. The number of benzene rings is 2. The summed E-state index contributed by atoms with van der Waals surface area (Å²) in [6.07, 6.45) is 3.31. The van der Waals surface area contributed by atoms with Gasteiger partial charge in [0.05, 0.1) is 23.6 Å². The van der Waals surface area contributed by atoms with Crippen LogP contribution in [0.5, 0.6) is 5.75 Å². The average Bonchev–Trinajstić information content (AvgIpc) is 3.03. The molecule has 6 heteroatoms. The van der Waals surface area contributed by atoms with Crippen LogP contribution in [-0.2, 0) is 0 Å². The van der Waals surface area contributed by atoms with Crippen molar-refractivity contribution in [2.45, 2.75) is 32.2 Å². The van der Waals surface area contributed by atoms with Crippen molar-refractivity contribution in [2.75, 3.05) is 6.61 Å². The smallest absolute Gasteiger partial charge is 0.288 e. The van der Waals surface area contributed by atoms with Crippen molar-refractivity contribution in [3.05, 3.63) is 74.0 Å². The Balaban J connectivity index is 1.66. The maximum atomic E-state index is 13.1. The number of hydrogen-bond acceptors (Lipinski definition) is 4. The summed E-state index contributed by atoms with van der Waals surface area (Å²) in [5, 5.41) is 3.31. The van der Waals surface area contributed by atoms with E-state index in [4.69, 9.17) is 9.15 Å². The predicted octanol–water partition coefficient (Wildman–Crippen LogP) is 4.96. The Bertz CT molecular complexity index is 1090. The zero-order valence-corrected chi connectivity index (χ0v) is 17.0. The highest BCUT2D eigenvalue weighted by Gasteiger charge is 2.35. The van der Waals surface area contributed by atoms with Gasteiger partial charge in [0.2, 0.25) is 5.76 Å². The van der Waals surface area contributed by atoms with Gasteiger partial charge in [-0.2, -0.15) is 0 Å². The van der Waals surface area contributed by atoms with Crippen LogP contribution in [0.4, 0.5) is 0 Å². The summed E-state index contributed by atoms with van der Waals surface area (Å²) >= 11 is 3.38. The number of hydrogen-bond donors (Lipinski definition) is 1. The molecule has 144 valence electrons. The lowest BCUT2D eigenvalue weighted by atomic mass is 9.99. The molecule has 0 saturated carbocycles. The van der Waals surface area contributed by atoms with Crippen LogP contribution >= 0.6 is 15.9 Å². The molecule has 1 aromatic heterocycles. The van der Waals surface area contributed by atoms with Crippen LogP contribution in [0.2, 0.25) is 0 Å². The fourth-order valence-electron chi connectivity index (χ4n) is 3.43. The first-order valence-electron chi connectivity index (χ1n) is 9.38. The molecule has 0 saturated heterocycles. The molecular formula is C22H20BrNO4. The number of carbonyl (C=O) groups excluding carboxylic acids is 1. The van der Waals surface area contributed by atoms with Crippen molar-refractivity contribution in [1.82, 2.24) is 5.32 Å². The third kappa shape index (κ3) is 3.44. The van der Waals surface area contributed by atoms with Gasteiger partial charge in [-0.1, -0.05) is 47.8 Å². The Labute approximate surface area is 170 Å². The fourth-order valence-corrected chi connectivity index (χ4v) is 3.79. The van der Waals surface area contributed by atoms with Crippen molar-refractivity contribution in [1.29, 1.82) is 0 Å². The molecule has 0 fully saturated rings. The van der Waals surface area contributed by atoms with Crippen LogP contribution in [0.25, 0.3) is 11.0 Å². The van der Waals surface area contributed by atoms with Crippen LogP contribution in [0, 0.1) is 0 Å². The van der Waals surface area contributed by atoms with E-state index in [-0.39, 0.29) is 17.1 Å². The molecule has 0 bridgehead atoms. The van der Waals surface area contributed by atoms with Gasteiger partial charge in [-0.15, -0.1) is 0 Å². The molecule has 2 heterocycles. The average molecular weight is 442 g/mol. The SMILES string of the molecule is CCCCCOc1ccc(C2NC(=O)c3oc4ccc(Br)cc4c(=O)c32)cc1. The van der Waals surface area contributed by atoms with Gasteiger partial charge >= 0.3 is 0 Å². The molecule has 5 nitrogen and oxygen atoms in total. The van der Waals surface area contributed by atoms with E-state index in [0.717, 1.165) is 35.0 Å². The largest absolute Gasteiger partial charge is 0.494 e. The lowest BCUT2D eigenvalue weighted by molar-refractivity contribution is 0.0938. The molecule has 4 rings (SSSR count). The molecule has 2 aromatic carbocycles. The van der Waals surface area contributed by atoms with E-state index < -0.39 is 6.04 Å². The fraction of sp³-hybridized carbons (Fsp3) is 0.273. The molecule has 1 N–H and O–H groups in total. The minimum Gasteiger partial charge on any atom is -0.494 e. The van der Waals surface area contributed by atoms with E-state index in [0.29, 0.717) is 23.1 Å². The van der Waals surface area contributed by atoms with Crippen LogP contribution < -0.4 is 15.5 Å². The topological polar surface area (TPSA) is 68.5 Å². The molecule has 0 radical (unpaired) electrons. The lowest BCUT2D eigenvalue weighted by Gasteiger charge is -2.13. The van der Waals surface area contributed by atoms with Gasteiger partial charge in [0.15, 0.2) is 5.43 Å². The Morgan fingerprint density at radius 3 is 2.64 bits per heavy atom. The van der Waals surface area contributed by atoms with Gasteiger partial charge in [-0.25, -0.2) is 0 Å². The highest BCUT2D eigenvalue weighted by Crippen LogP contribution is 2.32. The van der Waals surface area contributed by atoms with Crippen molar-refractivity contribution >= 4 is 32.8 Å². The van der Waals surface area contributed by atoms with Gasteiger partial charge < -0.3 is 14.5 Å². The van der Waals surface area contributed by atoms with E-state index in [2.05, 4.69) is 28.2 Å². The van der Waals surface area contributed by atoms with Gasteiger partial charge in [0.1, 0.15) is 11.3 Å². The number of fused-ring (bicyclic) bond motifs is 2. The van der Waals surface area contributed by atoms with Gasteiger partial charge in [-0.05, 0) is 42.3 Å². The van der Waals surface area contributed by atoms with Crippen LogP contribution in [0.15, 0.2) is 56.1 Å².